The number of halogens is 1. The highest BCUT2D eigenvalue weighted by Crippen LogP contribution is 2.24. The molecule has 1 aromatic carbocycles. The smallest absolute Gasteiger partial charge is 0.165 e. The topological polar surface area (TPSA) is 42.4 Å². The zero-order valence-corrected chi connectivity index (χ0v) is 11.9. The van der Waals surface area contributed by atoms with Gasteiger partial charge in [0.05, 0.1) is 13.2 Å². The second-order valence-electron chi connectivity index (χ2n) is 4.82. The fraction of sp³-hybridized carbons (Fsp3) is 0.312. The summed E-state index contributed by atoms with van der Waals surface area (Å²) in [6.45, 7) is 3.77. The summed E-state index contributed by atoms with van der Waals surface area (Å²) in [5.41, 5.74) is 3.20. The summed E-state index contributed by atoms with van der Waals surface area (Å²) >= 11 is 0. The molecule has 0 amide bonds. The number of nitrogens with zero attached hydrogens (tertiary/aromatic N) is 1. The molecule has 0 spiro atoms. The fourth-order valence-corrected chi connectivity index (χ4v) is 2.22. The average molecular weight is 275 g/mol. The van der Waals surface area contributed by atoms with Gasteiger partial charge in [-0.2, -0.15) is 0 Å². The number of aryl methyl sites for hydroxylation is 2. The van der Waals surface area contributed by atoms with E-state index < -0.39 is 11.9 Å². The van der Waals surface area contributed by atoms with Crippen molar-refractivity contribution < 1.29 is 14.2 Å². The lowest BCUT2D eigenvalue weighted by atomic mass is 10.00. The quantitative estimate of drug-likeness (QED) is 0.932. The van der Waals surface area contributed by atoms with Crippen molar-refractivity contribution in [2.24, 2.45) is 0 Å². The van der Waals surface area contributed by atoms with Gasteiger partial charge in [-0.05, 0) is 37.6 Å². The Morgan fingerprint density at radius 3 is 2.60 bits per heavy atom. The number of methoxy groups -OCH3 is 1. The number of pyridine rings is 1. The van der Waals surface area contributed by atoms with E-state index in [2.05, 4.69) is 4.98 Å². The van der Waals surface area contributed by atoms with Gasteiger partial charge in [-0.25, -0.2) is 4.39 Å². The zero-order chi connectivity index (χ0) is 14.7. The van der Waals surface area contributed by atoms with Crippen LogP contribution < -0.4 is 4.74 Å². The molecule has 3 nitrogen and oxygen atoms in total. The second kappa shape index (κ2) is 6.01. The average Bonchev–Trinajstić information content (AvgIpc) is 2.38. The molecule has 1 aromatic heterocycles. The van der Waals surface area contributed by atoms with Crippen LogP contribution in [0.1, 0.15) is 28.6 Å². The third kappa shape index (κ3) is 3.14. The highest BCUT2D eigenvalue weighted by Gasteiger charge is 2.13. The van der Waals surface area contributed by atoms with Crippen LogP contribution in [0.5, 0.6) is 5.75 Å². The van der Waals surface area contributed by atoms with E-state index in [0.717, 1.165) is 22.5 Å². The maximum atomic E-state index is 13.6. The molecule has 2 aromatic rings. The van der Waals surface area contributed by atoms with Gasteiger partial charge in [-0.15, -0.1) is 0 Å². The number of hydrogen-bond donors (Lipinski definition) is 1. The number of benzene rings is 1. The molecule has 0 saturated carbocycles. The van der Waals surface area contributed by atoms with E-state index in [9.17, 15) is 9.50 Å². The summed E-state index contributed by atoms with van der Waals surface area (Å²) in [6, 6.07) is 8.43. The van der Waals surface area contributed by atoms with E-state index in [-0.39, 0.29) is 5.75 Å². The molecule has 1 N–H and O–H groups in total. The maximum Gasteiger partial charge on any atom is 0.165 e. The summed E-state index contributed by atoms with van der Waals surface area (Å²) in [5, 5.41) is 10.3. The highest BCUT2D eigenvalue weighted by molar-refractivity contribution is 5.31. The Hall–Kier alpha value is -1.94. The molecule has 0 bridgehead atoms. The Balaban J connectivity index is 2.18. The van der Waals surface area contributed by atoms with Crippen LogP contribution in [0.3, 0.4) is 0 Å². The molecule has 4 heteroatoms. The van der Waals surface area contributed by atoms with Crippen molar-refractivity contribution >= 4 is 0 Å². The van der Waals surface area contributed by atoms with Crippen molar-refractivity contribution in [2.75, 3.05) is 7.11 Å². The Morgan fingerprint density at radius 1 is 1.25 bits per heavy atom. The minimum Gasteiger partial charge on any atom is -0.494 e. The first kappa shape index (κ1) is 14.5. The van der Waals surface area contributed by atoms with Crippen molar-refractivity contribution in [2.45, 2.75) is 26.4 Å². The predicted octanol–water partition coefficient (Wildman–Crippen LogP) is 3.12. The van der Waals surface area contributed by atoms with Gasteiger partial charge in [0, 0.05) is 23.4 Å². The predicted molar refractivity (Wildman–Crippen MR) is 75.3 cm³/mol. The molecule has 0 saturated heterocycles. The number of aliphatic hydroxyl groups is 1. The minimum atomic E-state index is -0.698. The normalized spacial score (nSPS) is 12.2. The van der Waals surface area contributed by atoms with Gasteiger partial charge < -0.3 is 9.84 Å². The Kier molecular flexibility index (Phi) is 4.35. The third-order valence-electron chi connectivity index (χ3n) is 3.27. The minimum absolute atomic E-state index is 0.205. The monoisotopic (exact) mass is 275 g/mol. The lowest BCUT2D eigenvalue weighted by molar-refractivity contribution is 0.177. The molecule has 0 aliphatic rings. The van der Waals surface area contributed by atoms with E-state index in [1.807, 2.05) is 26.0 Å². The molecule has 1 atom stereocenters. The standard InChI is InChI=1S/C16H18FNO2/c1-10-4-6-13(11(2)18-10)15(19)9-12-5-7-16(20-3)14(17)8-12/h4-8,15,19H,9H2,1-3H3. The van der Waals surface area contributed by atoms with Crippen LogP contribution in [-0.2, 0) is 6.42 Å². The van der Waals surface area contributed by atoms with Crippen molar-refractivity contribution in [3.05, 3.63) is 58.7 Å². The number of rotatable bonds is 4. The largest absolute Gasteiger partial charge is 0.494 e. The Labute approximate surface area is 118 Å². The van der Waals surface area contributed by atoms with Gasteiger partial charge in [0.1, 0.15) is 0 Å². The van der Waals surface area contributed by atoms with Crippen molar-refractivity contribution in [1.82, 2.24) is 4.98 Å². The molecular weight excluding hydrogens is 257 g/mol. The number of hydrogen-bond acceptors (Lipinski definition) is 3. The van der Waals surface area contributed by atoms with Gasteiger partial charge in [0.2, 0.25) is 0 Å². The molecular formula is C16H18FNO2. The first-order chi connectivity index (χ1) is 9.51. The lowest BCUT2D eigenvalue weighted by Gasteiger charge is -2.14. The molecule has 1 heterocycles. The van der Waals surface area contributed by atoms with Crippen LogP contribution in [0.15, 0.2) is 30.3 Å². The summed E-state index contributed by atoms with van der Waals surface area (Å²) < 4.78 is 18.5. The van der Waals surface area contributed by atoms with Crippen LogP contribution in [0, 0.1) is 19.7 Å². The molecule has 0 aliphatic carbocycles. The molecule has 0 aliphatic heterocycles. The van der Waals surface area contributed by atoms with E-state index in [4.69, 9.17) is 4.74 Å². The number of aliphatic hydroxyl groups excluding tert-OH is 1. The van der Waals surface area contributed by atoms with Gasteiger partial charge >= 0.3 is 0 Å². The second-order valence-corrected chi connectivity index (χ2v) is 4.82. The molecule has 0 fully saturated rings. The van der Waals surface area contributed by atoms with Gasteiger partial charge in [0.15, 0.2) is 11.6 Å². The van der Waals surface area contributed by atoms with Crippen LogP contribution in [0.25, 0.3) is 0 Å². The van der Waals surface area contributed by atoms with E-state index in [1.54, 1.807) is 12.1 Å². The van der Waals surface area contributed by atoms with E-state index in [0.29, 0.717) is 6.42 Å². The summed E-state index contributed by atoms with van der Waals surface area (Å²) in [6.07, 6.45) is -0.358. The van der Waals surface area contributed by atoms with Crippen LogP contribution in [0.4, 0.5) is 4.39 Å². The third-order valence-corrected chi connectivity index (χ3v) is 3.27. The first-order valence-electron chi connectivity index (χ1n) is 6.46. The van der Waals surface area contributed by atoms with Crippen molar-refractivity contribution in [3.8, 4) is 5.75 Å². The van der Waals surface area contributed by atoms with Crippen LogP contribution in [-0.4, -0.2) is 17.2 Å². The molecule has 0 radical (unpaired) electrons. The fourth-order valence-electron chi connectivity index (χ4n) is 2.22. The highest BCUT2D eigenvalue weighted by atomic mass is 19.1. The van der Waals surface area contributed by atoms with Crippen molar-refractivity contribution in [1.29, 1.82) is 0 Å². The number of aromatic nitrogens is 1. The van der Waals surface area contributed by atoms with Crippen molar-refractivity contribution in [3.63, 3.8) is 0 Å². The maximum absolute atomic E-state index is 13.6. The SMILES string of the molecule is COc1ccc(CC(O)c2ccc(C)nc2C)cc1F. The molecule has 2 rings (SSSR count). The van der Waals surface area contributed by atoms with Gasteiger partial charge in [0.25, 0.3) is 0 Å². The molecule has 106 valence electrons. The summed E-state index contributed by atoms with van der Waals surface area (Å²) in [5.74, 6) is -0.215. The summed E-state index contributed by atoms with van der Waals surface area (Å²) in [7, 11) is 1.42. The van der Waals surface area contributed by atoms with Crippen LogP contribution in [0.2, 0.25) is 0 Å². The zero-order valence-electron chi connectivity index (χ0n) is 11.9. The van der Waals surface area contributed by atoms with E-state index >= 15 is 0 Å². The summed E-state index contributed by atoms with van der Waals surface area (Å²) in [4.78, 5) is 4.33. The molecule has 1 unspecified atom stereocenters. The lowest BCUT2D eigenvalue weighted by Crippen LogP contribution is -2.06. The van der Waals surface area contributed by atoms with Crippen LogP contribution >= 0.6 is 0 Å². The molecule has 20 heavy (non-hydrogen) atoms. The van der Waals surface area contributed by atoms with E-state index in [1.165, 1.54) is 13.2 Å². The Morgan fingerprint density at radius 2 is 2.00 bits per heavy atom. The van der Waals surface area contributed by atoms with Gasteiger partial charge in [-0.3, -0.25) is 4.98 Å². The first-order valence-corrected chi connectivity index (χ1v) is 6.46. The van der Waals surface area contributed by atoms with Gasteiger partial charge in [-0.1, -0.05) is 12.1 Å². The Bertz CT molecular complexity index is 613. The number of ether oxygens (including phenoxy) is 1.